The second-order valence-electron chi connectivity index (χ2n) is 6.05. The Morgan fingerprint density at radius 3 is 2.52 bits per heavy atom. The van der Waals surface area contributed by atoms with Crippen LogP contribution in [0.2, 0.25) is 0 Å². The van der Waals surface area contributed by atoms with Crippen molar-refractivity contribution >= 4 is 17.8 Å². The first-order chi connectivity index (χ1) is 12.1. The lowest BCUT2D eigenvalue weighted by Crippen LogP contribution is -2.48. The molecule has 2 atom stereocenters. The summed E-state index contributed by atoms with van der Waals surface area (Å²) in [6.07, 6.45) is 2.87. The zero-order chi connectivity index (χ0) is 18.1. The predicted octanol–water partition coefficient (Wildman–Crippen LogP) is 2.53. The molecule has 1 aliphatic rings. The van der Waals surface area contributed by atoms with Gasteiger partial charge in [-0.15, -0.1) is 0 Å². The molecule has 7 nitrogen and oxygen atoms in total. The van der Waals surface area contributed by atoms with E-state index in [1.54, 1.807) is 0 Å². The molecule has 7 heteroatoms. The average Bonchev–Trinajstić information content (AvgIpc) is 2.64. The summed E-state index contributed by atoms with van der Waals surface area (Å²) in [5, 5.41) is 15.9. The SMILES string of the molecule is C[C@@H](O)[C@H](NC(=O)OCc1ccccc1)C(=O)ON=C1CCCCC1. The van der Waals surface area contributed by atoms with Crippen molar-refractivity contribution in [1.29, 1.82) is 0 Å². The van der Waals surface area contributed by atoms with Crippen molar-refractivity contribution in [3.05, 3.63) is 35.9 Å². The number of ether oxygens (including phenoxy) is 1. The first-order valence-electron chi connectivity index (χ1n) is 8.48. The van der Waals surface area contributed by atoms with Gasteiger partial charge in [0.1, 0.15) is 6.61 Å². The van der Waals surface area contributed by atoms with Gasteiger partial charge in [0.15, 0.2) is 6.04 Å². The zero-order valence-electron chi connectivity index (χ0n) is 14.3. The number of amides is 1. The van der Waals surface area contributed by atoms with Crippen LogP contribution in [0.5, 0.6) is 0 Å². The summed E-state index contributed by atoms with van der Waals surface area (Å²) in [7, 11) is 0. The third-order valence-electron chi connectivity index (χ3n) is 3.92. The van der Waals surface area contributed by atoms with E-state index in [2.05, 4.69) is 10.5 Å². The third-order valence-corrected chi connectivity index (χ3v) is 3.92. The van der Waals surface area contributed by atoms with Crippen LogP contribution < -0.4 is 5.32 Å². The molecule has 1 aromatic carbocycles. The smallest absolute Gasteiger partial charge is 0.408 e. The van der Waals surface area contributed by atoms with Crippen molar-refractivity contribution in [3.63, 3.8) is 0 Å². The number of alkyl carbamates (subject to hydrolysis) is 1. The van der Waals surface area contributed by atoms with Gasteiger partial charge in [-0.2, -0.15) is 0 Å². The highest BCUT2D eigenvalue weighted by Crippen LogP contribution is 2.15. The number of nitrogens with one attached hydrogen (secondary N) is 1. The first-order valence-corrected chi connectivity index (χ1v) is 8.48. The Kier molecular flexibility index (Phi) is 7.40. The van der Waals surface area contributed by atoms with Crippen LogP contribution in [0.3, 0.4) is 0 Å². The average molecular weight is 348 g/mol. The second-order valence-corrected chi connectivity index (χ2v) is 6.05. The molecule has 0 radical (unpaired) electrons. The van der Waals surface area contributed by atoms with E-state index in [0.717, 1.165) is 43.4 Å². The Labute approximate surface area is 147 Å². The van der Waals surface area contributed by atoms with Crippen LogP contribution in [0.1, 0.15) is 44.6 Å². The number of aliphatic hydroxyl groups excluding tert-OH is 1. The van der Waals surface area contributed by atoms with E-state index in [9.17, 15) is 14.7 Å². The van der Waals surface area contributed by atoms with Crippen LogP contribution in [-0.4, -0.2) is 35.0 Å². The first kappa shape index (κ1) is 18.9. The maximum absolute atomic E-state index is 12.1. The zero-order valence-corrected chi connectivity index (χ0v) is 14.3. The number of rotatable bonds is 6. The number of oxime groups is 1. The van der Waals surface area contributed by atoms with Gasteiger partial charge in [0, 0.05) is 0 Å². The molecule has 0 spiro atoms. The summed E-state index contributed by atoms with van der Waals surface area (Å²) in [6.45, 7) is 1.45. The Hall–Kier alpha value is -2.41. The van der Waals surface area contributed by atoms with Crippen molar-refractivity contribution in [1.82, 2.24) is 5.32 Å². The standard InChI is InChI=1S/C18H24N2O5/c1-13(21)16(17(22)25-20-15-10-6-3-7-11-15)19-18(23)24-12-14-8-4-2-5-9-14/h2,4-5,8-9,13,16,21H,3,6-7,10-12H2,1H3,(H,19,23)/t13-,16+/m1/s1. The van der Waals surface area contributed by atoms with Crippen LogP contribution in [-0.2, 0) is 21.0 Å². The Morgan fingerprint density at radius 1 is 1.20 bits per heavy atom. The number of benzene rings is 1. The Bertz CT molecular complexity index is 593. The maximum atomic E-state index is 12.1. The highest BCUT2D eigenvalue weighted by atomic mass is 16.7. The minimum atomic E-state index is -1.24. The predicted molar refractivity (Wildman–Crippen MR) is 91.8 cm³/mol. The molecule has 136 valence electrons. The van der Waals surface area contributed by atoms with E-state index in [4.69, 9.17) is 9.57 Å². The van der Waals surface area contributed by atoms with Crippen LogP contribution in [0.4, 0.5) is 4.79 Å². The quantitative estimate of drug-likeness (QED) is 0.608. The fraction of sp³-hybridized carbons (Fsp3) is 0.500. The minimum absolute atomic E-state index is 0.0660. The van der Waals surface area contributed by atoms with Crippen molar-refractivity contribution in [2.45, 2.75) is 57.8 Å². The van der Waals surface area contributed by atoms with Gasteiger partial charge in [-0.3, -0.25) is 0 Å². The number of carbonyl (C=O) groups is 2. The van der Waals surface area contributed by atoms with Gasteiger partial charge >= 0.3 is 12.1 Å². The van der Waals surface area contributed by atoms with Gasteiger partial charge < -0.3 is 20.0 Å². The molecule has 25 heavy (non-hydrogen) atoms. The van der Waals surface area contributed by atoms with Crippen molar-refractivity contribution < 1.29 is 24.3 Å². The van der Waals surface area contributed by atoms with E-state index in [1.807, 2.05) is 30.3 Å². The molecular formula is C18H24N2O5. The van der Waals surface area contributed by atoms with Crippen LogP contribution in [0.15, 0.2) is 35.5 Å². The summed E-state index contributed by atoms with van der Waals surface area (Å²) < 4.78 is 5.05. The topological polar surface area (TPSA) is 97.2 Å². The summed E-state index contributed by atoms with van der Waals surface area (Å²) >= 11 is 0. The second kappa shape index (κ2) is 9.78. The summed E-state index contributed by atoms with van der Waals surface area (Å²) in [6, 6.07) is 7.91. The number of nitrogens with zero attached hydrogens (tertiary/aromatic N) is 1. The van der Waals surface area contributed by atoms with Gasteiger partial charge in [0.2, 0.25) is 0 Å². The molecule has 1 saturated carbocycles. The summed E-state index contributed by atoms with van der Waals surface area (Å²) in [5.41, 5.74) is 1.65. The van der Waals surface area contributed by atoms with Gasteiger partial charge in [-0.1, -0.05) is 41.9 Å². The molecule has 1 amide bonds. The van der Waals surface area contributed by atoms with E-state index >= 15 is 0 Å². The maximum Gasteiger partial charge on any atom is 0.408 e. The lowest BCUT2D eigenvalue weighted by molar-refractivity contribution is -0.148. The van der Waals surface area contributed by atoms with Gasteiger partial charge in [0.05, 0.1) is 11.8 Å². The molecule has 0 saturated heterocycles. The van der Waals surface area contributed by atoms with Crippen molar-refractivity contribution in [2.24, 2.45) is 5.16 Å². The van der Waals surface area contributed by atoms with E-state index in [1.165, 1.54) is 6.92 Å². The largest absolute Gasteiger partial charge is 0.445 e. The molecule has 0 bridgehead atoms. The van der Waals surface area contributed by atoms with Crippen molar-refractivity contribution in [3.8, 4) is 0 Å². The highest BCUT2D eigenvalue weighted by Gasteiger charge is 2.28. The van der Waals surface area contributed by atoms with Gasteiger partial charge in [0.25, 0.3) is 0 Å². The molecule has 2 N–H and O–H groups in total. The monoisotopic (exact) mass is 348 g/mol. The fourth-order valence-corrected chi connectivity index (χ4v) is 2.49. The normalized spacial score (nSPS) is 16.5. The number of hydrogen-bond donors (Lipinski definition) is 2. The number of hydrogen-bond acceptors (Lipinski definition) is 6. The van der Waals surface area contributed by atoms with E-state index in [0.29, 0.717) is 0 Å². The number of aliphatic hydroxyl groups is 1. The summed E-state index contributed by atoms with van der Waals surface area (Å²) in [5.74, 6) is -0.815. The Morgan fingerprint density at radius 2 is 1.88 bits per heavy atom. The third kappa shape index (κ3) is 6.54. The lowest BCUT2D eigenvalue weighted by Gasteiger charge is -2.18. The molecule has 0 unspecified atom stereocenters. The lowest BCUT2D eigenvalue weighted by atomic mass is 9.99. The number of carbonyl (C=O) groups excluding carboxylic acids is 2. The van der Waals surface area contributed by atoms with Crippen LogP contribution in [0.25, 0.3) is 0 Å². The highest BCUT2D eigenvalue weighted by molar-refractivity contribution is 5.86. The molecule has 1 aliphatic carbocycles. The van der Waals surface area contributed by atoms with Crippen LogP contribution in [0, 0.1) is 0 Å². The van der Waals surface area contributed by atoms with Crippen LogP contribution >= 0.6 is 0 Å². The molecule has 0 heterocycles. The molecule has 0 aromatic heterocycles. The van der Waals surface area contributed by atoms with Gasteiger partial charge in [-0.25, -0.2) is 9.59 Å². The molecule has 1 fully saturated rings. The van der Waals surface area contributed by atoms with Gasteiger partial charge in [-0.05, 0) is 38.2 Å². The fourth-order valence-electron chi connectivity index (χ4n) is 2.49. The molecule has 2 rings (SSSR count). The molecule has 0 aliphatic heterocycles. The van der Waals surface area contributed by atoms with Crippen molar-refractivity contribution in [2.75, 3.05) is 0 Å². The van der Waals surface area contributed by atoms with E-state index in [-0.39, 0.29) is 6.61 Å². The minimum Gasteiger partial charge on any atom is -0.445 e. The van der Waals surface area contributed by atoms with E-state index < -0.39 is 24.2 Å². The molecular weight excluding hydrogens is 324 g/mol. The Balaban J connectivity index is 1.84. The molecule has 1 aromatic rings. The summed E-state index contributed by atoms with van der Waals surface area (Å²) in [4.78, 5) is 28.8.